The Morgan fingerprint density at radius 1 is 1.00 bits per heavy atom. The second-order valence-corrected chi connectivity index (χ2v) is 6.08. The molecule has 1 N–H and O–H groups in total. The van der Waals surface area contributed by atoms with Crippen molar-refractivity contribution in [2.45, 2.75) is 31.6 Å². The van der Waals surface area contributed by atoms with E-state index in [1.165, 1.54) is 48.1 Å². The van der Waals surface area contributed by atoms with E-state index in [9.17, 15) is 0 Å². The van der Waals surface area contributed by atoms with Crippen LogP contribution in [-0.4, -0.2) is 13.2 Å². The molecule has 0 radical (unpaired) electrons. The summed E-state index contributed by atoms with van der Waals surface area (Å²) < 4.78 is 5.77. The zero-order valence-electron chi connectivity index (χ0n) is 12.3. The molecular formula is C19H21NO. The Hall–Kier alpha value is -1.96. The summed E-state index contributed by atoms with van der Waals surface area (Å²) in [6.07, 6.45) is 5.11. The number of hydrogen-bond donors (Lipinski definition) is 1. The van der Waals surface area contributed by atoms with E-state index >= 15 is 0 Å². The van der Waals surface area contributed by atoms with Crippen molar-refractivity contribution < 1.29 is 4.74 Å². The summed E-state index contributed by atoms with van der Waals surface area (Å²) in [7, 11) is 0. The minimum absolute atomic E-state index is 0.459. The fourth-order valence-corrected chi connectivity index (χ4v) is 3.58. The van der Waals surface area contributed by atoms with Crippen LogP contribution in [0.4, 0.5) is 5.69 Å². The lowest BCUT2D eigenvalue weighted by Crippen LogP contribution is -2.16. The highest BCUT2D eigenvalue weighted by Gasteiger charge is 2.23. The van der Waals surface area contributed by atoms with Crippen LogP contribution in [0.25, 0.3) is 0 Å². The molecule has 0 aromatic heterocycles. The zero-order chi connectivity index (χ0) is 14.1. The lowest BCUT2D eigenvalue weighted by molar-refractivity contribution is 0.334. The molecule has 0 saturated heterocycles. The Bertz CT molecular complexity index is 650. The first-order valence-electron chi connectivity index (χ1n) is 7.98. The maximum absolute atomic E-state index is 5.77. The van der Waals surface area contributed by atoms with Gasteiger partial charge in [0.2, 0.25) is 0 Å². The van der Waals surface area contributed by atoms with Crippen molar-refractivity contribution in [3.63, 3.8) is 0 Å². The number of hydrogen-bond acceptors (Lipinski definition) is 2. The molecule has 1 aliphatic heterocycles. The fraction of sp³-hybridized carbons (Fsp3) is 0.368. The predicted molar refractivity (Wildman–Crippen MR) is 86.3 cm³/mol. The van der Waals surface area contributed by atoms with E-state index in [2.05, 4.69) is 41.7 Å². The van der Waals surface area contributed by atoms with Gasteiger partial charge in [-0.1, -0.05) is 30.3 Å². The van der Waals surface area contributed by atoms with E-state index in [0.717, 1.165) is 18.9 Å². The molecule has 0 saturated carbocycles. The van der Waals surface area contributed by atoms with Gasteiger partial charge >= 0.3 is 0 Å². The Morgan fingerprint density at radius 3 is 2.90 bits per heavy atom. The monoisotopic (exact) mass is 279 g/mol. The van der Waals surface area contributed by atoms with Crippen molar-refractivity contribution in [1.82, 2.24) is 0 Å². The summed E-state index contributed by atoms with van der Waals surface area (Å²) in [6.45, 7) is 1.74. The number of benzene rings is 2. The first-order chi connectivity index (χ1) is 10.4. The molecule has 1 heterocycles. The molecule has 2 heteroatoms. The highest BCUT2D eigenvalue weighted by molar-refractivity contribution is 5.56. The molecule has 1 unspecified atom stereocenters. The van der Waals surface area contributed by atoms with Crippen molar-refractivity contribution >= 4 is 5.69 Å². The third-order valence-electron chi connectivity index (χ3n) is 4.73. The Balaban J connectivity index is 1.51. The molecule has 1 atom stereocenters. The molecule has 2 aromatic carbocycles. The second kappa shape index (κ2) is 5.44. The lowest BCUT2D eigenvalue weighted by atomic mass is 9.90. The molecule has 2 aliphatic rings. The van der Waals surface area contributed by atoms with Crippen LogP contribution in [0.3, 0.4) is 0 Å². The standard InChI is InChI=1S/C19H21NO/c1-2-8-16-14(6-1)7-5-10-18(16)20-12-15-13-21-19-11-4-3-9-17(15)19/h3-5,7,9-11,15,20H,1-2,6,8,12-13H2. The first kappa shape index (κ1) is 12.8. The number of rotatable bonds is 3. The number of aryl methyl sites for hydroxylation is 1. The average molecular weight is 279 g/mol. The smallest absolute Gasteiger partial charge is 0.122 e. The molecular weight excluding hydrogens is 258 g/mol. The summed E-state index contributed by atoms with van der Waals surface area (Å²) in [5.74, 6) is 1.51. The molecule has 2 nitrogen and oxygen atoms in total. The Labute approximate surface area is 126 Å². The summed E-state index contributed by atoms with van der Waals surface area (Å²) in [4.78, 5) is 0. The van der Waals surface area contributed by atoms with Crippen LogP contribution in [0.1, 0.15) is 35.4 Å². The van der Waals surface area contributed by atoms with Gasteiger partial charge in [0, 0.05) is 23.7 Å². The van der Waals surface area contributed by atoms with E-state index in [0.29, 0.717) is 5.92 Å². The summed E-state index contributed by atoms with van der Waals surface area (Å²) in [5.41, 5.74) is 5.75. The molecule has 21 heavy (non-hydrogen) atoms. The third kappa shape index (κ3) is 2.39. The molecule has 0 amide bonds. The maximum Gasteiger partial charge on any atom is 0.122 e. The van der Waals surface area contributed by atoms with E-state index in [1.807, 2.05) is 6.07 Å². The Kier molecular flexibility index (Phi) is 3.30. The number of fused-ring (bicyclic) bond motifs is 2. The van der Waals surface area contributed by atoms with Crippen molar-refractivity contribution in [3.05, 3.63) is 59.2 Å². The molecule has 0 fully saturated rings. The Morgan fingerprint density at radius 2 is 1.90 bits per heavy atom. The number of nitrogens with one attached hydrogen (secondary N) is 1. The van der Waals surface area contributed by atoms with Crippen LogP contribution >= 0.6 is 0 Å². The van der Waals surface area contributed by atoms with Gasteiger partial charge in [0.15, 0.2) is 0 Å². The minimum atomic E-state index is 0.459. The van der Waals surface area contributed by atoms with Gasteiger partial charge < -0.3 is 10.1 Å². The highest BCUT2D eigenvalue weighted by Crippen LogP contribution is 2.34. The lowest BCUT2D eigenvalue weighted by Gasteiger charge is -2.21. The van der Waals surface area contributed by atoms with Crippen molar-refractivity contribution in [1.29, 1.82) is 0 Å². The van der Waals surface area contributed by atoms with E-state index in [1.54, 1.807) is 0 Å². The van der Waals surface area contributed by atoms with Gasteiger partial charge in [-0.3, -0.25) is 0 Å². The van der Waals surface area contributed by atoms with Gasteiger partial charge in [0.1, 0.15) is 5.75 Å². The number of para-hydroxylation sites is 1. The summed E-state index contributed by atoms with van der Waals surface area (Å²) >= 11 is 0. The quantitative estimate of drug-likeness (QED) is 0.911. The molecule has 108 valence electrons. The van der Waals surface area contributed by atoms with Gasteiger partial charge in [0.25, 0.3) is 0 Å². The molecule has 4 rings (SSSR count). The fourth-order valence-electron chi connectivity index (χ4n) is 3.58. The normalized spacial score (nSPS) is 19.5. The average Bonchev–Trinajstić information content (AvgIpc) is 2.96. The van der Waals surface area contributed by atoms with Crippen LogP contribution in [0.5, 0.6) is 5.75 Å². The van der Waals surface area contributed by atoms with Crippen molar-refractivity contribution in [3.8, 4) is 5.75 Å². The van der Waals surface area contributed by atoms with E-state index < -0.39 is 0 Å². The SMILES string of the molecule is c1cc2c(c(NCC3COc4ccccc43)c1)CCCC2. The molecule has 0 bridgehead atoms. The van der Waals surface area contributed by atoms with Gasteiger partial charge in [-0.2, -0.15) is 0 Å². The van der Waals surface area contributed by atoms with Crippen molar-refractivity contribution in [2.75, 3.05) is 18.5 Å². The van der Waals surface area contributed by atoms with Crippen molar-refractivity contribution in [2.24, 2.45) is 0 Å². The van der Waals surface area contributed by atoms with Crippen LogP contribution in [-0.2, 0) is 12.8 Å². The zero-order valence-corrected chi connectivity index (χ0v) is 12.3. The third-order valence-corrected chi connectivity index (χ3v) is 4.73. The minimum Gasteiger partial charge on any atom is -0.493 e. The van der Waals surface area contributed by atoms with Gasteiger partial charge in [-0.25, -0.2) is 0 Å². The summed E-state index contributed by atoms with van der Waals surface area (Å²) in [6, 6.07) is 15.1. The largest absolute Gasteiger partial charge is 0.493 e. The van der Waals surface area contributed by atoms with Gasteiger partial charge in [0.05, 0.1) is 6.61 Å². The van der Waals surface area contributed by atoms with E-state index in [4.69, 9.17) is 4.74 Å². The molecule has 1 aliphatic carbocycles. The molecule has 2 aromatic rings. The maximum atomic E-state index is 5.77. The van der Waals surface area contributed by atoms with E-state index in [-0.39, 0.29) is 0 Å². The number of anilines is 1. The predicted octanol–water partition coefficient (Wildman–Crippen LogP) is 4.15. The highest BCUT2D eigenvalue weighted by atomic mass is 16.5. The van der Waals surface area contributed by atoms with Crippen LogP contribution in [0.15, 0.2) is 42.5 Å². The summed E-state index contributed by atoms with van der Waals surface area (Å²) in [5, 5.41) is 3.68. The van der Waals surface area contributed by atoms with Gasteiger partial charge in [-0.05, 0) is 48.9 Å². The van der Waals surface area contributed by atoms with Crippen LogP contribution in [0, 0.1) is 0 Å². The second-order valence-electron chi connectivity index (χ2n) is 6.08. The van der Waals surface area contributed by atoms with Crippen LogP contribution in [0.2, 0.25) is 0 Å². The van der Waals surface area contributed by atoms with Gasteiger partial charge in [-0.15, -0.1) is 0 Å². The topological polar surface area (TPSA) is 21.3 Å². The molecule has 0 spiro atoms. The number of ether oxygens (including phenoxy) is 1. The van der Waals surface area contributed by atoms with Crippen LogP contribution < -0.4 is 10.1 Å². The first-order valence-corrected chi connectivity index (χ1v) is 7.98.